The van der Waals surface area contributed by atoms with Crippen LogP contribution in [0.3, 0.4) is 0 Å². The number of hydrogen-bond donors (Lipinski definition) is 1. The molecule has 1 atom stereocenters. The molecule has 0 fully saturated rings. The Balaban J connectivity index is 1.97. The molecule has 0 saturated heterocycles. The van der Waals surface area contributed by atoms with Crippen LogP contribution in [0.2, 0.25) is 5.02 Å². The standard InChI is InChI=1S/C23H23ClN2O4S/c1-17(18-9-5-3-6-10-18)25-23(27)16-26(21-15-19(24)13-14-22(21)30-2)31(28,29)20-11-7-4-8-12-20/h3-15,17H,16H2,1-2H3,(H,25,27)/t17-/m1/s1. The smallest absolute Gasteiger partial charge is 0.264 e. The van der Waals surface area contributed by atoms with Crippen molar-refractivity contribution in [1.29, 1.82) is 0 Å². The Morgan fingerprint density at radius 2 is 1.65 bits per heavy atom. The minimum atomic E-state index is -4.07. The van der Waals surface area contributed by atoms with Crippen LogP contribution in [0.1, 0.15) is 18.5 Å². The summed E-state index contributed by atoms with van der Waals surface area (Å²) in [7, 11) is -2.64. The van der Waals surface area contributed by atoms with E-state index in [9.17, 15) is 13.2 Å². The molecular formula is C23H23ClN2O4S. The Bertz CT molecular complexity index is 1140. The van der Waals surface area contributed by atoms with E-state index in [2.05, 4.69) is 5.32 Å². The van der Waals surface area contributed by atoms with Gasteiger partial charge in [0.05, 0.1) is 23.7 Å². The summed E-state index contributed by atoms with van der Waals surface area (Å²) >= 11 is 6.14. The summed E-state index contributed by atoms with van der Waals surface area (Å²) in [5, 5.41) is 3.17. The van der Waals surface area contributed by atoms with Gasteiger partial charge in [0.1, 0.15) is 12.3 Å². The van der Waals surface area contributed by atoms with Crippen LogP contribution in [0.15, 0.2) is 83.8 Å². The predicted molar refractivity (Wildman–Crippen MR) is 122 cm³/mol. The minimum absolute atomic E-state index is 0.0564. The van der Waals surface area contributed by atoms with Gasteiger partial charge in [-0.25, -0.2) is 8.42 Å². The van der Waals surface area contributed by atoms with Gasteiger partial charge in [-0.15, -0.1) is 0 Å². The van der Waals surface area contributed by atoms with Gasteiger partial charge in [0.2, 0.25) is 5.91 Å². The number of amides is 1. The highest BCUT2D eigenvalue weighted by molar-refractivity contribution is 7.92. The number of nitrogens with zero attached hydrogens (tertiary/aromatic N) is 1. The molecule has 0 bridgehead atoms. The zero-order chi connectivity index (χ0) is 22.4. The number of ether oxygens (including phenoxy) is 1. The number of carbonyl (C=O) groups is 1. The first-order chi connectivity index (χ1) is 14.8. The lowest BCUT2D eigenvalue weighted by atomic mass is 10.1. The predicted octanol–water partition coefficient (Wildman–Crippen LogP) is 4.42. The molecule has 3 rings (SSSR count). The van der Waals surface area contributed by atoms with E-state index in [0.717, 1.165) is 9.87 Å². The zero-order valence-electron chi connectivity index (χ0n) is 17.2. The molecule has 3 aromatic rings. The third-order valence-corrected chi connectivity index (χ3v) is 6.71. The van der Waals surface area contributed by atoms with Crippen molar-refractivity contribution < 1.29 is 17.9 Å². The van der Waals surface area contributed by atoms with Crippen LogP contribution in [0.5, 0.6) is 5.75 Å². The fraction of sp³-hybridized carbons (Fsp3) is 0.174. The van der Waals surface area contributed by atoms with Gasteiger partial charge in [0, 0.05) is 5.02 Å². The first-order valence-electron chi connectivity index (χ1n) is 9.58. The van der Waals surface area contributed by atoms with Crippen LogP contribution < -0.4 is 14.4 Å². The monoisotopic (exact) mass is 458 g/mol. The fourth-order valence-corrected chi connectivity index (χ4v) is 4.73. The van der Waals surface area contributed by atoms with E-state index in [1.54, 1.807) is 30.3 Å². The number of hydrogen-bond acceptors (Lipinski definition) is 4. The second kappa shape index (κ2) is 9.85. The van der Waals surface area contributed by atoms with Crippen molar-refractivity contribution in [3.8, 4) is 5.75 Å². The molecule has 0 radical (unpaired) electrons. The van der Waals surface area contributed by atoms with Gasteiger partial charge in [-0.05, 0) is 42.8 Å². The number of halogens is 1. The number of methoxy groups -OCH3 is 1. The van der Waals surface area contributed by atoms with Crippen molar-refractivity contribution in [2.45, 2.75) is 17.9 Å². The van der Waals surface area contributed by atoms with Crippen LogP contribution in [-0.2, 0) is 14.8 Å². The zero-order valence-corrected chi connectivity index (χ0v) is 18.7. The number of benzene rings is 3. The lowest BCUT2D eigenvalue weighted by molar-refractivity contribution is -0.120. The highest BCUT2D eigenvalue weighted by Crippen LogP contribution is 2.34. The molecule has 0 unspecified atom stereocenters. The Labute approximate surface area is 187 Å². The van der Waals surface area contributed by atoms with E-state index in [4.69, 9.17) is 16.3 Å². The van der Waals surface area contributed by atoms with Crippen molar-refractivity contribution >= 4 is 33.2 Å². The lowest BCUT2D eigenvalue weighted by Gasteiger charge is -2.26. The van der Waals surface area contributed by atoms with E-state index in [0.29, 0.717) is 5.02 Å². The SMILES string of the molecule is COc1ccc(Cl)cc1N(CC(=O)N[C@H](C)c1ccccc1)S(=O)(=O)c1ccccc1. The van der Waals surface area contributed by atoms with Gasteiger partial charge < -0.3 is 10.1 Å². The van der Waals surface area contributed by atoms with Crippen molar-refractivity contribution in [3.05, 3.63) is 89.4 Å². The maximum atomic E-state index is 13.5. The first-order valence-corrected chi connectivity index (χ1v) is 11.4. The molecule has 1 amide bonds. The fourth-order valence-electron chi connectivity index (χ4n) is 3.12. The molecule has 0 aliphatic carbocycles. The van der Waals surface area contributed by atoms with Crippen molar-refractivity contribution in [1.82, 2.24) is 5.32 Å². The van der Waals surface area contributed by atoms with Crippen LogP contribution in [0.4, 0.5) is 5.69 Å². The average molecular weight is 459 g/mol. The molecule has 31 heavy (non-hydrogen) atoms. The maximum absolute atomic E-state index is 13.5. The summed E-state index contributed by atoms with van der Waals surface area (Å²) in [6.45, 7) is 1.40. The summed E-state index contributed by atoms with van der Waals surface area (Å²) in [5.41, 5.74) is 1.09. The van der Waals surface area contributed by atoms with Gasteiger partial charge in [0.15, 0.2) is 0 Å². The normalized spacial score (nSPS) is 12.1. The Kier molecular flexibility index (Phi) is 7.20. The summed E-state index contributed by atoms with van der Waals surface area (Å²) in [6.07, 6.45) is 0. The molecule has 3 aromatic carbocycles. The molecule has 0 heterocycles. The molecule has 0 spiro atoms. The maximum Gasteiger partial charge on any atom is 0.264 e. The van der Waals surface area contributed by atoms with Crippen molar-refractivity contribution in [3.63, 3.8) is 0 Å². The molecule has 8 heteroatoms. The molecule has 1 N–H and O–H groups in total. The number of carbonyl (C=O) groups excluding carboxylic acids is 1. The van der Waals surface area contributed by atoms with Gasteiger partial charge in [0.25, 0.3) is 10.0 Å². The Hall–Kier alpha value is -3.03. The van der Waals surface area contributed by atoms with E-state index >= 15 is 0 Å². The summed E-state index contributed by atoms with van der Waals surface area (Å²) in [4.78, 5) is 12.9. The van der Waals surface area contributed by atoms with E-state index < -0.39 is 22.5 Å². The van der Waals surface area contributed by atoms with Gasteiger partial charge in [-0.2, -0.15) is 0 Å². The third-order valence-electron chi connectivity index (χ3n) is 4.71. The third kappa shape index (κ3) is 5.37. The molecule has 0 aliphatic rings. The van der Waals surface area contributed by atoms with Crippen molar-refractivity contribution in [2.75, 3.05) is 18.0 Å². The van der Waals surface area contributed by atoms with Crippen molar-refractivity contribution in [2.24, 2.45) is 0 Å². The number of anilines is 1. The van der Waals surface area contributed by atoms with E-state index in [-0.39, 0.29) is 22.4 Å². The van der Waals surface area contributed by atoms with Crippen LogP contribution in [-0.4, -0.2) is 28.0 Å². The van der Waals surface area contributed by atoms with Gasteiger partial charge >= 0.3 is 0 Å². The lowest BCUT2D eigenvalue weighted by Crippen LogP contribution is -2.41. The first kappa shape index (κ1) is 22.7. The average Bonchev–Trinajstić information content (AvgIpc) is 2.78. The molecular weight excluding hydrogens is 436 g/mol. The van der Waals surface area contributed by atoms with E-state index in [1.165, 1.54) is 25.3 Å². The second-order valence-electron chi connectivity index (χ2n) is 6.84. The van der Waals surface area contributed by atoms with Gasteiger partial charge in [-0.3, -0.25) is 9.10 Å². The topological polar surface area (TPSA) is 75.7 Å². The second-order valence-corrected chi connectivity index (χ2v) is 9.14. The molecule has 0 aromatic heterocycles. The molecule has 162 valence electrons. The summed E-state index contributed by atoms with van der Waals surface area (Å²) in [5.74, 6) is -0.175. The minimum Gasteiger partial charge on any atom is -0.495 e. The van der Waals surface area contributed by atoms with Crippen LogP contribution in [0.25, 0.3) is 0 Å². The number of sulfonamides is 1. The molecule has 0 aliphatic heterocycles. The van der Waals surface area contributed by atoms with Gasteiger partial charge in [-0.1, -0.05) is 60.1 Å². The summed E-state index contributed by atoms with van der Waals surface area (Å²) < 4.78 is 33.3. The Morgan fingerprint density at radius 3 is 2.26 bits per heavy atom. The largest absolute Gasteiger partial charge is 0.495 e. The highest BCUT2D eigenvalue weighted by atomic mass is 35.5. The molecule has 6 nitrogen and oxygen atoms in total. The summed E-state index contributed by atoms with van der Waals surface area (Å²) in [6, 6.07) is 21.7. The Morgan fingerprint density at radius 1 is 1.03 bits per heavy atom. The van der Waals surface area contributed by atoms with E-state index in [1.807, 2.05) is 37.3 Å². The highest BCUT2D eigenvalue weighted by Gasteiger charge is 2.30. The quantitative estimate of drug-likeness (QED) is 0.542. The van der Waals surface area contributed by atoms with Crippen LogP contribution in [0, 0.1) is 0 Å². The molecule has 0 saturated carbocycles. The number of nitrogens with one attached hydrogen (secondary N) is 1. The van der Waals surface area contributed by atoms with Crippen LogP contribution >= 0.6 is 11.6 Å². The number of rotatable bonds is 8.